The van der Waals surface area contributed by atoms with Crippen molar-refractivity contribution in [2.75, 3.05) is 0 Å². The SMILES string of the molecule is FC(F)(F)C(F)(F)C(F)(F)N/N=C/c1ccncc1. The molecule has 1 N–H and O–H groups in total. The number of aromatic nitrogens is 1. The maximum absolute atomic E-state index is 12.7. The molecule has 1 aromatic heterocycles. The van der Waals surface area contributed by atoms with Crippen LogP contribution >= 0.6 is 0 Å². The average Bonchev–Trinajstić information content (AvgIpc) is 2.28. The van der Waals surface area contributed by atoms with E-state index in [2.05, 4.69) is 10.1 Å². The van der Waals surface area contributed by atoms with E-state index in [9.17, 15) is 30.7 Å². The van der Waals surface area contributed by atoms with Crippen LogP contribution in [-0.4, -0.2) is 29.3 Å². The Morgan fingerprint density at radius 1 is 1.00 bits per heavy atom. The van der Waals surface area contributed by atoms with Gasteiger partial charge in [-0.15, -0.1) is 0 Å². The second kappa shape index (κ2) is 5.02. The standard InChI is InChI=1S/C9H6F7N3/c10-7(11,8(12,13)14)9(15,16)19-18-5-6-1-3-17-4-2-6/h1-5,19H/b18-5+. The number of hydrogen-bond acceptors (Lipinski definition) is 3. The van der Waals surface area contributed by atoms with Crippen LogP contribution in [-0.2, 0) is 0 Å². The Kier molecular flexibility index (Phi) is 4.01. The van der Waals surface area contributed by atoms with Gasteiger partial charge in [-0.1, -0.05) is 0 Å². The number of nitrogens with one attached hydrogen (secondary N) is 1. The van der Waals surface area contributed by atoms with E-state index in [0.29, 0.717) is 11.6 Å². The van der Waals surface area contributed by atoms with E-state index >= 15 is 0 Å². The van der Waals surface area contributed by atoms with Crippen molar-refractivity contribution in [3.05, 3.63) is 30.1 Å². The minimum atomic E-state index is -6.39. The summed E-state index contributed by atoms with van der Waals surface area (Å²) < 4.78 is 85.5. The van der Waals surface area contributed by atoms with Crippen molar-refractivity contribution >= 4 is 6.21 Å². The summed E-state index contributed by atoms with van der Waals surface area (Å²) in [4.78, 5) is 3.57. The molecule has 0 aliphatic rings. The highest BCUT2D eigenvalue weighted by Crippen LogP contribution is 2.44. The third-order valence-electron chi connectivity index (χ3n) is 1.88. The van der Waals surface area contributed by atoms with Crippen LogP contribution in [0.5, 0.6) is 0 Å². The molecule has 19 heavy (non-hydrogen) atoms. The fourth-order valence-electron chi connectivity index (χ4n) is 0.886. The molecule has 0 aliphatic heterocycles. The molecule has 0 aliphatic carbocycles. The third kappa shape index (κ3) is 3.32. The van der Waals surface area contributed by atoms with Crippen molar-refractivity contribution in [3.8, 4) is 0 Å². The summed E-state index contributed by atoms with van der Waals surface area (Å²) in [6, 6.07) is -2.99. The van der Waals surface area contributed by atoms with Crippen LogP contribution in [0.4, 0.5) is 30.7 Å². The van der Waals surface area contributed by atoms with Crippen LogP contribution in [0, 0.1) is 0 Å². The van der Waals surface area contributed by atoms with Crippen LogP contribution in [0.3, 0.4) is 0 Å². The first kappa shape index (κ1) is 15.2. The van der Waals surface area contributed by atoms with E-state index in [4.69, 9.17) is 0 Å². The molecule has 0 atom stereocenters. The quantitative estimate of drug-likeness (QED) is 0.400. The van der Waals surface area contributed by atoms with Gasteiger partial charge < -0.3 is 0 Å². The zero-order chi connectivity index (χ0) is 14.7. The molecule has 0 saturated carbocycles. The Morgan fingerprint density at radius 3 is 2.00 bits per heavy atom. The summed E-state index contributed by atoms with van der Waals surface area (Å²) >= 11 is 0. The van der Waals surface area contributed by atoms with Gasteiger partial charge in [0, 0.05) is 12.4 Å². The topological polar surface area (TPSA) is 37.3 Å². The fourth-order valence-corrected chi connectivity index (χ4v) is 0.886. The van der Waals surface area contributed by atoms with Gasteiger partial charge in [0.2, 0.25) is 0 Å². The highest BCUT2D eigenvalue weighted by Gasteiger charge is 2.73. The second-order valence-corrected chi connectivity index (χ2v) is 3.30. The summed E-state index contributed by atoms with van der Waals surface area (Å²) in [5.41, 5.74) is 0.689. The fraction of sp³-hybridized carbons (Fsp3) is 0.333. The predicted molar refractivity (Wildman–Crippen MR) is 50.9 cm³/mol. The molecule has 0 aromatic carbocycles. The van der Waals surface area contributed by atoms with Crippen LogP contribution in [0.2, 0.25) is 0 Å². The molecule has 0 amide bonds. The minimum absolute atomic E-state index is 0.189. The van der Waals surface area contributed by atoms with Gasteiger partial charge in [-0.05, 0) is 17.7 Å². The molecule has 3 nitrogen and oxygen atoms in total. The van der Waals surface area contributed by atoms with Crippen molar-refractivity contribution in [1.29, 1.82) is 0 Å². The summed E-state index contributed by atoms with van der Waals surface area (Å²) in [6.45, 7) is 0. The monoisotopic (exact) mass is 289 g/mol. The molecule has 1 heterocycles. The third-order valence-corrected chi connectivity index (χ3v) is 1.88. The van der Waals surface area contributed by atoms with E-state index in [0.717, 1.165) is 0 Å². The maximum atomic E-state index is 12.7. The van der Waals surface area contributed by atoms with Gasteiger partial charge >= 0.3 is 18.1 Å². The molecule has 0 spiro atoms. The Labute approximate surface area is 102 Å². The Hall–Kier alpha value is -1.87. The Balaban J connectivity index is 2.78. The lowest BCUT2D eigenvalue weighted by atomic mass is 10.3. The van der Waals surface area contributed by atoms with Gasteiger partial charge in [0.15, 0.2) is 0 Å². The molecular weight excluding hydrogens is 283 g/mol. The zero-order valence-electron chi connectivity index (χ0n) is 8.93. The molecule has 10 heteroatoms. The van der Waals surface area contributed by atoms with Gasteiger partial charge in [0.25, 0.3) is 0 Å². The number of pyridine rings is 1. The van der Waals surface area contributed by atoms with Crippen molar-refractivity contribution in [3.63, 3.8) is 0 Å². The van der Waals surface area contributed by atoms with Crippen molar-refractivity contribution in [2.24, 2.45) is 5.10 Å². The van der Waals surface area contributed by atoms with Gasteiger partial charge in [-0.2, -0.15) is 35.8 Å². The normalized spacial score (nSPS) is 13.8. The maximum Gasteiger partial charge on any atom is 0.462 e. The van der Waals surface area contributed by atoms with E-state index in [1.807, 2.05) is 0 Å². The lowest BCUT2D eigenvalue weighted by Gasteiger charge is -2.27. The van der Waals surface area contributed by atoms with E-state index < -0.39 is 18.1 Å². The molecule has 106 valence electrons. The minimum Gasteiger partial charge on any atom is -0.265 e. The van der Waals surface area contributed by atoms with Gasteiger partial charge in [-0.3, -0.25) is 4.98 Å². The van der Waals surface area contributed by atoms with Gasteiger partial charge in [0.1, 0.15) is 0 Å². The summed E-state index contributed by atoms with van der Waals surface area (Å²) in [6.07, 6.45) is -3.23. The van der Waals surface area contributed by atoms with E-state index in [1.54, 1.807) is 0 Å². The Bertz CT molecular complexity index is 441. The van der Waals surface area contributed by atoms with Gasteiger partial charge in [-0.25, -0.2) is 5.43 Å². The highest BCUT2D eigenvalue weighted by atomic mass is 19.4. The number of halogens is 7. The number of rotatable bonds is 4. The Morgan fingerprint density at radius 2 is 1.53 bits per heavy atom. The first-order valence-electron chi connectivity index (χ1n) is 4.60. The van der Waals surface area contributed by atoms with Crippen molar-refractivity contribution in [1.82, 2.24) is 10.4 Å². The number of hydrazone groups is 1. The highest BCUT2D eigenvalue weighted by molar-refractivity contribution is 5.78. The largest absolute Gasteiger partial charge is 0.462 e. The molecule has 0 bridgehead atoms. The summed E-state index contributed by atoms with van der Waals surface area (Å²) in [5, 5.41) is 2.66. The van der Waals surface area contributed by atoms with Crippen LogP contribution in [0.25, 0.3) is 0 Å². The first-order chi connectivity index (χ1) is 8.58. The van der Waals surface area contributed by atoms with Crippen molar-refractivity contribution < 1.29 is 30.7 Å². The number of alkyl halides is 7. The summed E-state index contributed by atoms with van der Waals surface area (Å²) in [5.74, 6) is -6.24. The molecule has 0 unspecified atom stereocenters. The number of hydrogen-bond donors (Lipinski definition) is 1. The van der Waals surface area contributed by atoms with E-state index in [1.165, 1.54) is 24.5 Å². The van der Waals surface area contributed by atoms with Crippen molar-refractivity contribution in [2.45, 2.75) is 18.1 Å². The molecule has 1 aromatic rings. The van der Waals surface area contributed by atoms with Crippen LogP contribution in [0.1, 0.15) is 5.56 Å². The smallest absolute Gasteiger partial charge is 0.265 e. The van der Waals surface area contributed by atoms with Gasteiger partial charge in [0.05, 0.1) is 6.21 Å². The summed E-state index contributed by atoms with van der Waals surface area (Å²) in [7, 11) is 0. The molecule has 0 saturated heterocycles. The lowest BCUT2D eigenvalue weighted by Crippen LogP contribution is -2.58. The zero-order valence-corrected chi connectivity index (χ0v) is 8.93. The number of nitrogens with zero attached hydrogens (tertiary/aromatic N) is 2. The predicted octanol–water partition coefficient (Wildman–Crippen LogP) is 2.80. The molecular formula is C9H6F7N3. The second-order valence-electron chi connectivity index (χ2n) is 3.30. The van der Waals surface area contributed by atoms with E-state index in [-0.39, 0.29) is 5.56 Å². The molecule has 0 fully saturated rings. The molecule has 1 rings (SSSR count). The molecule has 0 radical (unpaired) electrons. The average molecular weight is 289 g/mol. The van der Waals surface area contributed by atoms with Crippen LogP contribution in [0.15, 0.2) is 29.6 Å². The lowest BCUT2D eigenvalue weighted by molar-refractivity contribution is -0.361. The van der Waals surface area contributed by atoms with Crippen LogP contribution < -0.4 is 5.43 Å². The first-order valence-corrected chi connectivity index (χ1v) is 4.60.